The van der Waals surface area contributed by atoms with Gasteiger partial charge in [0.15, 0.2) is 9.84 Å². The van der Waals surface area contributed by atoms with E-state index in [-0.39, 0.29) is 11.5 Å². The van der Waals surface area contributed by atoms with Crippen LogP contribution < -0.4 is 5.73 Å². The summed E-state index contributed by atoms with van der Waals surface area (Å²) < 4.78 is 24.9. The summed E-state index contributed by atoms with van der Waals surface area (Å²) in [5, 5.41) is 4.36. The van der Waals surface area contributed by atoms with Crippen LogP contribution >= 0.6 is 0 Å². The molecule has 6 heteroatoms. The van der Waals surface area contributed by atoms with Crippen LogP contribution in [0.1, 0.15) is 24.7 Å². The summed E-state index contributed by atoms with van der Waals surface area (Å²) in [5.74, 6) is 0.392. The van der Waals surface area contributed by atoms with E-state index in [4.69, 9.17) is 5.73 Å². The van der Waals surface area contributed by atoms with Gasteiger partial charge in [0.1, 0.15) is 0 Å². The normalized spacial score (nSPS) is 28.4. The fraction of sp³-hybridized carbons (Fsp3) is 0.700. The van der Waals surface area contributed by atoms with Crippen molar-refractivity contribution in [2.24, 2.45) is 0 Å². The largest absolute Gasteiger partial charge is 0.396 e. The molecule has 0 bridgehead atoms. The molecule has 2 rings (SSSR count). The van der Waals surface area contributed by atoms with Crippen molar-refractivity contribution in [1.82, 2.24) is 9.78 Å². The molecular formula is C10H17N3O2S. The number of nitrogens with zero attached hydrogens (tertiary/aromatic N) is 2. The molecule has 1 aromatic heterocycles. The predicted octanol–water partition coefficient (Wildman–Crippen LogP) is 0.616. The average Bonchev–Trinajstić information content (AvgIpc) is 2.59. The average molecular weight is 243 g/mol. The highest BCUT2D eigenvalue weighted by Gasteiger charge is 2.41. The van der Waals surface area contributed by atoms with Gasteiger partial charge in [-0.3, -0.25) is 4.68 Å². The van der Waals surface area contributed by atoms with Crippen LogP contribution in [0.15, 0.2) is 0 Å². The second-order valence-electron chi connectivity index (χ2n) is 4.84. The first-order valence-corrected chi connectivity index (χ1v) is 7.10. The Bertz CT molecular complexity index is 533. The summed E-state index contributed by atoms with van der Waals surface area (Å²) in [5.41, 5.74) is 7.71. The number of nitrogens with two attached hydrogens (primary N) is 1. The molecule has 90 valence electrons. The lowest BCUT2D eigenvalue weighted by Crippen LogP contribution is -2.33. The van der Waals surface area contributed by atoms with Crippen LogP contribution in [0.4, 0.5) is 5.69 Å². The quantitative estimate of drug-likeness (QED) is 0.784. The van der Waals surface area contributed by atoms with Gasteiger partial charge >= 0.3 is 0 Å². The van der Waals surface area contributed by atoms with Crippen LogP contribution in [-0.4, -0.2) is 29.7 Å². The first-order chi connectivity index (χ1) is 7.25. The molecule has 0 aliphatic carbocycles. The first kappa shape index (κ1) is 11.4. The predicted molar refractivity (Wildman–Crippen MR) is 63.0 cm³/mol. The van der Waals surface area contributed by atoms with E-state index in [1.807, 2.05) is 20.8 Å². The third kappa shape index (κ3) is 1.61. The topological polar surface area (TPSA) is 78.0 Å². The standard InChI is InChI=1S/C10H17N3O2S/c1-7-9(11)8(2)13(12-7)10(3)4-5-16(14,15)6-10/h4-6,11H2,1-3H3. The van der Waals surface area contributed by atoms with E-state index >= 15 is 0 Å². The summed E-state index contributed by atoms with van der Waals surface area (Å²) in [6.45, 7) is 5.65. The second kappa shape index (κ2) is 3.23. The van der Waals surface area contributed by atoms with Crippen molar-refractivity contribution in [3.05, 3.63) is 11.4 Å². The molecule has 0 aromatic carbocycles. The zero-order chi connectivity index (χ0) is 12.1. The van der Waals surface area contributed by atoms with Crippen molar-refractivity contribution >= 4 is 15.5 Å². The smallest absolute Gasteiger partial charge is 0.152 e. The molecule has 1 aromatic rings. The number of aromatic nitrogens is 2. The Hall–Kier alpha value is -1.04. The van der Waals surface area contributed by atoms with E-state index in [1.54, 1.807) is 4.68 Å². The summed E-state index contributed by atoms with van der Waals surface area (Å²) in [6, 6.07) is 0. The maximum absolute atomic E-state index is 11.6. The van der Waals surface area contributed by atoms with E-state index in [2.05, 4.69) is 5.10 Å². The molecule has 1 unspecified atom stereocenters. The van der Waals surface area contributed by atoms with Crippen LogP contribution in [0.3, 0.4) is 0 Å². The highest BCUT2D eigenvalue weighted by Crippen LogP contribution is 2.33. The Kier molecular flexibility index (Phi) is 2.31. The van der Waals surface area contributed by atoms with Gasteiger partial charge in [-0.05, 0) is 27.2 Å². The van der Waals surface area contributed by atoms with Crippen molar-refractivity contribution in [3.8, 4) is 0 Å². The van der Waals surface area contributed by atoms with Gasteiger partial charge in [-0.25, -0.2) is 8.42 Å². The molecule has 0 saturated carbocycles. The molecule has 1 fully saturated rings. The highest BCUT2D eigenvalue weighted by molar-refractivity contribution is 7.91. The van der Waals surface area contributed by atoms with Crippen molar-refractivity contribution in [3.63, 3.8) is 0 Å². The number of hydrogen-bond acceptors (Lipinski definition) is 4. The maximum Gasteiger partial charge on any atom is 0.152 e. The number of sulfone groups is 1. The third-order valence-corrected chi connectivity index (χ3v) is 5.23. The van der Waals surface area contributed by atoms with Gasteiger partial charge in [0.2, 0.25) is 0 Å². The Balaban J connectivity index is 2.49. The lowest BCUT2D eigenvalue weighted by atomic mass is 10.0. The van der Waals surface area contributed by atoms with Gasteiger partial charge in [-0.1, -0.05) is 0 Å². The second-order valence-corrected chi connectivity index (χ2v) is 7.02. The zero-order valence-electron chi connectivity index (χ0n) is 9.82. The number of rotatable bonds is 1. The molecular weight excluding hydrogens is 226 g/mol. The molecule has 5 nitrogen and oxygen atoms in total. The monoisotopic (exact) mass is 243 g/mol. The SMILES string of the molecule is Cc1nn(C2(C)CCS(=O)(=O)C2)c(C)c1N. The molecule has 1 atom stereocenters. The molecule has 1 aliphatic rings. The molecule has 1 saturated heterocycles. The third-order valence-electron chi connectivity index (χ3n) is 3.34. The van der Waals surface area contributed by atoms with Gasteiger partial charge < -0.3 is 5.73 Å². The van der Waals surface area contributed by atoms with Gasteiger partial charge in [0.05, 0.1) is 34.1 Å². The van der Waals surface area contributed by atoms with Gasteiger partial charge in [-0.15, -0.1) is 0 Å². The summed E-state index contributed by atoms with van der Waals surface area (Å²) in [4.78, 5) is 0. The Morgan fingerprint density at radius 2 is 2.06 bits per heavy atom. The zero-order valence-corrected chi connectivity index (χ0v) is 10.6. The van der Waals surface area contributed by atoms with Crippen LogP contribution in [-0.2, 0) is 15.4 Å². The van der Waals surface area contributed by atoms with Gasteiger partial charge in [0, 0.05) is 0 Å². The van der Waals surface area contributed by atoms with Crippen LogP contribution in [0, 0.1) is 13.8 Å². The molecule has 16 heavy (non-hydrogen) atoms. The fourth-order valence-corrected chi connectivity index (χ4v) is 4.45. The van der Waals surface area contributed by atoms with Crippen molar-refractivity contribution in [1.29, 1.82) is 0 Å². The minimum absolute atomic E-state index is 0.154. The van der Waals surface area contributed by atoms with Crippen LogP contribution in [0.25, 0.3) is 0 Å². The molecule has 0 radical (unpaired) electrons. The molecule has 2 N–H and O–H groups in total. The number of aryl methyl sites for hydroxylation is 1. The fourth-order valence-electron chi connectivity index (χ4n) is 2.34. The van der Waals surface area contributed by atoms with Gasteiger partial charge in [0.25, 0.3) is 0 Å². The van der Waals surface area contributed by atoms with Crippen molar-refractivity contribution in [2.75, 3.05) is 17.2 Å². The van der Waals surface area contributed by atoms with Crippen LogP contribution in [0.5, 0.6) is 0 Å². The molecule has 2 heterocycles. The highest BCUT2D eigenvalue weighted by atomic mass is 32.2. The molecule has 0 spiro atoms. The lowest BCUT2D eigenvalue weighted by molar-refractivity contribution is 0.321. The van der Waals surface area contributed by atoms with Crippen LogP contribution in [0.2, 0.25) is 0 Å². The number of anilines is 1. The maximum atomic E-state index is 11.6. The van der Waals surface area contributed by atoms with E-state index in [1.165, 1.54) is 0 Å². The summed E-state index contributed by atoms with van der Waals surface area (Å²) in [7, 11) is -2.92. The summed E-state index contributed by atoms with van der Waals surface area (Å²) >= 11 is 0. The minimum atomic E-state index is -2.92. The minimum Gasteiger partial charge on any atom is -0.396 e. The lowest BCUT2D eigenvalue weighted by Gasteiger charge is -2.24. The van der Waals surface area contributed by atoms with E-state index in [9.17, 15) is 8.42 Å². The Morgan fingerprint density at radius 3 is 2.44 bits per heavy atom. The summed E-state index contributed by atoms with van der Waals surface area (Å²) in [6.07, 6.45) is 0.608. The van der Waals surface area contributed by atoms with Crippen molar-refractivity contribution < 1.29 is 8.42 Å². The van der Waals surface area contributed by atoms with E-state index in [0.29, 0.717) is 12.1 Å². The number of hydrogen-bond donors (Lipinski definition) is 1. The van der Waals surface area contributed by atoms with Gasteiger partial charge in [-0.2, -0.15) is 5.10 Å². The van der Waals surface area contributed by atoms with Crippen molar-refractivity contribution in [2.45, 2.75) is 32.7 Å². The Morgan fingerprint density at radius 1 is 1.44 bits per heavy atom. The van der Waals surface area contributed by atoms with E-state index < -0.39 is 15.4 Å². The molecule has 0 amide bonds. The first-order valence-electron chi connectivity index (χ1n) is 5.28. The Labute approximate surface area is 95.6 Å². The van der Waals surface area contributed by atoms with E-state index in [0.717, 1.165) is 11.4 Å². The number of nitrogen functional groups attached to an aromatic ring is 1. The molecule has 1 aliphatic heterocycles.